The van der Waals surface area contributed by atoms with Crippen LogP contribution in [0.2, 0.25) is 0 Å². The highest BCUT2D eigenvalue weighted by atomic mass is 32.2. The Kier molecular flexibility index (Phi) is 8.77. The first-order valence-electron chi connectivity index (χ1n) is 5.23. The molecule has 0 aliphatic rings. The van der Waals surface area contributed by atoms with E-state index in [1.54, 1.807) is 6.26 Å². The normalized spacial score (nSPS) is 13.8. The minimum atomic E-state index is -0.783. The minimum Gasteiger partial charge on any atom is -0.354 e. The maximum absolute atomic E-state index is 11.2. The fraction of sp³-hybridized carbons (Fsp3) is 0.800. The van der Waals surface area contributed by atoms with E-state index in [1.165, 1.54) is 0 Å². The quantitative estimate of drug-likeness (QED) is 0.578. The van der Waals surface area contributed by atoms with Crippen molar-refractivity contribution in [1.29, 1.82) is 5.26 Å². The van der Waals surface area contributed by atoms with Gasteiger partial charge >= 0.3 is 0 Å². The maximum Gasteiger partial charge on any atom is 0.233 e. The van der Waals surface area contributed by atoms with Crippen LogP contribution in [-0.2, 0) is 15.6 Å². The first-order chi connectivity index (χ1) is 7.56. The average molecular weight is 245 g/mol. The Balaban J connectivity index is 3.51. The minimum absolute atomic E-state index is 0.111. The fourth-order valence-corrected chi connectivity index (χ4v) is 1.72. The third kappa shape index (κ3) is 9.62. The monoisotopic (exact) mass is 245 g/mol. The molecule has 0 rings (SSSR count). The number of hydrogen-bond donors (Lipinski definition) is 2. The summed E-state index contributed by atoms with van der Waals surface area (Å²) in [6, 6.07) is 2.12. The molecular formula is C10H19N3O2S. The number of nitrogens with zero attached hydrogens (tertiary/aromatic N) is 1. The van der Waals surface area contributed by atoms with Crippen molar-refractivity contribution in [2.24, 2.45) is 0 Å². The highest BCUT2D eigenvalue weighted by Gasteiger charge is 2.05. The topological polar surface area (TPSA) is 82.0 Å². The maximum atomic E-state index is 11.2. The summed E-state index contributed by atoms with van der Waals surface area (Å²) in [5, 5.41) is 13.9. The van der Waals surface area contributed by atoms with Crippen molar-refractivity contribution < 1.29 is 9.00 Å². The lowest BCUT2D eigenvalue weighted by molar-refractivity contribution is -0.120. The van der Waals surface area contributed by atoms with Crippen LogP contribution in [0.4, 0.5) is 0 Å². The molecule has 2 atom stereocenters. The van der Waals surface area contributed by atoms with Crippen LogP contribution in [0, 0.1) is 11.3 Å². The number of carbonyl (C=O) groups excluding carboxylic acids is 1. The SMILES string of the molecule is CC(CCS(C)=O)NCC(=O)NCCC#N. The van der Waals surface area contributed by atoms with Crippen LogP contribution in [0.25, 0.3) is 0 Å². The van der Waals surface area contributed by atoms with E-state index in [4.69, 9.17) is 5.26 Å². The second-order valence-corrected chi connectivity index (χ2v) is 5.16. The van der Waals surface area contributed by atoms with Gasteiger partial charge in [0.15, 0.2) is 0 Å². The molecule has 0 aromatic carbocycles. The van der Waals surface area contributed by atoms with Gasteiger partial charge < -0.3 is 10.6 Å². The van der Waals surface area contributed by atoms with E-state index in [9.17, 15) is 9.00 Å². The lowest BCUT2D eigenvalue weighted by Crippen LogP contribution is -2.38. The molecule has 0 spiro atoms. The van der Waals surface area contributed by atoms with Crippen molar-refractivity contribution in [1.82, 2.24) is 10.6 Å². The number of amides is 1. The largest absolute Gasteiger partial charge is 0.354 e. The zero-order chi connectivity index (χ0) is 12.4. The smallest absolute Gasteiger partial charge is 0.233 e. The molecule has 0 aliphatic heterocycles. The zero-order valence-corrected chi connectivity index (χ0v) is 10.6. The van der Waals surface area contributed by atoms with Gasteiger partial charge in [0.25, 0.3) is 0 Å². The van der Waals surface area contributed by atoms with Gasteiger partial charge in [-0.3, -0.25) is 9.00 Å². The van der Waals surface area contributed by atoms with Crippen molar-refractivity contribution in [3.63, 3.8) is 0 Å². The highest BCUT2D eigenvalue weighted by Crippen LogP contribution is 1.91. The van der Waals surface area contributed by atoms with Gasteiger partial charge in [-0.25, -0.2) is 0 Å². The molecule has 0 saturated heterocycles. The zero-order valence-electron chi connectivity index (χ0n) is 9.78. The Hall–Kier alpha value is -0.930. The molecule has 0 aliphatic carbocycles. The molecule has 16 heavy (non-hydrogen) atoms. The van der Waals surface area contributed by atoms with Crippen LogP contribution in [0.1, 0.15) is 19.8 Å². The Morgan fingerprint density at radius 2 is 2.25 bits per heavy atom. The first kappa shape index (κ1) is 15.1. The molecule has 2 N–H and O–H groups in total. The second-order valence-electron chi connectivity index (χ2n) is 3.61. The highest BCUT2D eigenvalue weighted by molar-refractivity contribution is 7.84. The molecule has 0 fully saturated rings. The number of nitriles is 1. The van der Waals surface area contributed by atoms with E-state index in [1.807, 2.05) is 13.0 Å². The Morgan fingerprint density at radius 3 is 2.81 bits per heavy atom. The third-order valence-electron chi connectivity index (χ3n) is 2.01. The van der Waals surface area contributed by atoms with Gasteiger partial charge in [-0.1, -0.05) is 0 Å². The van der Waals surface area contributed by atoms with E-state index < -0.39 is 10.8 Å². The Labute approximate surface area is 99.1 Å². The predicted octanol–water partition coefficient (Wildman–Crippen LogP) is -0.237. The number of carbonyl (C=O) groups is 1. The van der Waals surface area contributed by atoms with E-state index in [0.29, 0.717) is 18.7 Å². The molecule has 6 heteroatoms. The molecule has 0 saturated carbocycles. The molecule has 0 aromatic heterocycles. The van der Waals surface area contributed by atoms with Gasteiger partial charge in [0.1, 0.15) is 0 Å². The van der Waals surface area contributed by atoms with Crippen LogP contribution < -0.4 is 10.6 Å². The van der Waals surface area contributed by atoms with E-state index >= 15 is 0 Å². The predicted molar refractivity (Wildman–Crippen MR) is 64.3 cm³/mol. The molecular weight excluding hydrogens is 226 g/mol. The standard InChI is InChI=1S/C10H19N3O2S/c1-9(4-7-16(2)15)13-8-10(14)12-6-3-5-11/h9,13H,3-4,6-8H2,1-2H3,(H,12,14). The van der Waals surface area contributed by atoms with Gasteiger partial charge in [-0.05, 0) is 13.3 Å². The van der Waals surface area contributed by atoms with Crippen molar-refractivity contribution in [3.05, 3.63) is 0 Å². The lowest BCUT2D eigenvalue weighted by atomic mass is 10.2. The average Bonchev–Trinajstić information content (AvgIpc) is 2.24. The third-order valence-corrected chi connectivity index (χ3v) is 2.82. The summed E-state index contributed by atoms with van der Waals surface area (Å²) in [6.07, 6.45) is 2.78. The van der Waals surface area contributed by atoms with Crippen molar-refractivity contribution >= 4 is 16.7 Å². The van der Waals surface area contributed by atoms with Crippen molar-refractivity contribution in [3.8, 4) is 6.07 Å². The summed E-state index contributed by atoms with van der Waals surface area (Å²) in [6.45, 7) is 2.59. The van der Waals surface area contributed by atoms with E-state index in [2.05, 4.69) is 10.6 Å². The summed E-state index contributed by atoms with van der Waals surface area (Å²) in [5.41, 5.74) is 0. The number of hydrogen-bond acceptors (Lipinski definition) is 4. The molecule has 0 heterocycles. The molecule has 0 bridgehead atoms. The van der Waals surface area contributed by atoms with Crippen LogP contribution in [0.5, 0.6) is 0 Å². The Bertz CT molecular complexity index is 276. The van der Waals surface area contributed by atoms with Gasteiger partial charge in [0.2, 0.25) is 5.91 Å². The summed E-state index contributed by atoms with van der Waals surface area (Å²) < 4.78 is 10.8. The first-order valence-corrected chi connectivity index (χ1v) is 6.96. The Morgan fingerprint density at radius 1 is 1.56 bits per heavy atom. The molecule has 2 unspecified atom stereocenters. The van der Waals surface area contributed by atoms with Crippen molar-refractivity contribution in [2.45, 2.75) is 25.8 Å². The van der Waals surface area contributed by atoms with Crippen LogP contribution in [0.15, 0.2) is 0 Å². The number of rotatable bonds is 8. The second kappa shape index (κ2) is 9.31. The molecule has 92 valence electrons. The van der Waals surface area contributed by atoms with Gasteiger partial charge in [-0.2, -0.15) is 5.26 Å². The lowest BCUT2D eigenvalue weighted by Gasteiger charge is -2.12. The van der Waals surface area contributed by atoms with E-state index in [-0.39, 0.29) is 18.5 Å². The van der Waals surface area contributed by atoms with Crippen molar-refractivity contribution in [2.75, 3.05) is 25.1 Å². The van der Waals surface area contributed by atoms with Crippen LogP contribution in [-0.4, -0.2) is 41.3 Å². The van der Waals surface area contributed by atoms with E-state index in [0.717, 1.165) is 6.42 Å². The summed E-state index contributed by atoms with van der Waals surface area (Å²) in [7, 11) is -0.783. The molecule has 1 amide bonds. The van der Waals surface area contributed by atoms with Crippen LogP contribution >= 0.6 is 0 Å². The molecule has 0 aromatic rings. The molecule has 0 radical (unpaired) electrons. The summed E-state index contributed by atoms with van der Waals surface area (Å²) in [4.78, 5) is 11.2. The van der Waals surface area contributed by atoms with Gasteiger partial charge in [-0.15, -0.1) is 0 Å². The number of nitrogens with one attached hydrogen (secondary N) is 2. The molecule has 5 nitrogen and oxygen atoms in total. The summed E-state index contributed by atoms with van der Waals surface area (Å²) >= 11 is 0. The fourth-order valence-electron chi connectivity index (χ4n) is 1.03. The summed E-state index contributed by atoms with van der Waals surface area (Å²) in [5.74, 6) is 0.532. The van der Waals surface area contributed by atoms with Gasteiger partial charge in [0, 0.05) is 35.4 Å². The van der Waals surface area contributed by atoms with Crippen LogP contribution in [0.3, 0.4) is 0 Å². The van der Waals surface area contributed by atoms with Gasteiger partial charge in [0.05, 0.1) is 19.0 Å².